The van der Waals surface area contributed by atoms with Crippen molar-refractivity contribution < 1.29 is 4.74 Å². The molecule has 1 aliphatic carbocycles. The Hall–Kier alpha value is -0.550. The van der Waals surface area contributed by atoms with Crippen LogP contribution < -0.4 is 4.74 Å². The Labute approximate surface area is 124 Å². The van der Waals surface area contributed by atoms with Crippen LogP contribution in [0.2, 0.25) is 0 Å². The van der Waals surface area contributed by atoms with Crippen LogP contribution in [-0.4, -0.2) is 47.3 Å². The average molecular weight is 330 g/mol. The number of ether oxygens (including phenoxy) is 1. The summed E-state index contributed by atoms with van der Waals surface area (Å²) in [6.45, 7) is 1.92. The summed E-state index contributed by atoms with van der Waals surface area (Å²) in [4.78, 5) is 2.73. The van der Waals surface area contributed by atoms with Crippen LogP contribution in [0.5, 0.6) is 5.75 Å². The molecule has 19 heavy (non-hydrogen) atoms. The van der Waals surface area contributed by atoms with E-state index in [9.17, 15) is 0 Å². The maximum atomic E-state index is 5.52. The minimum absolute atomic E-state index is 0.522. The van der Waals surface area contributed by atoms with Crippen molar-refractivity contribution in [3.63, 3.8) is 0 Å². The third-order valence-electron chi connectivity index (χ3n) is 3.86. The van der Waals surface area contributed by atoms with Gasteiger partial charge >= 0.3 is 0 Å². The Bertz CT molecular complexity index is 405. The molecule has 2 unspecified atom stereocenters. The molecule has 1 saturated carbocycles. The molecule has 1 heterocycles. The van der Waals surface area contributed by atoms with Gasteiger partial charge in [0.05, 0.1) is 25.5 Å². The van der Waals surface area contributed by atoms with E-state index < -0.39 is 0 Å². The number of hydrogen-bond donors (Lipinski definition) is 0. The maximum Gasteiger partial charge on any atom is 0.160 e. The molecule has 0 aromatic carbocycles. The lowest BCUT2D eigenvalue weighted by Gasteiger charge is -2.28. The molecule has 1 aromatic heterocycles. The van der Waals surface area contributed by atoms with Gasteiger partial charge in [0.25, 0.3) is 0 Å². The van der Waals surface area contributed by atoms with E-state index in [4.69, 9.17) is 4.74 Å². The van der Waals surface area contributed by atoms with Crippen LogP contribution in [0.3, 0.4) is 0 Å². The van der Waals surface area contributed by atoms with E-state index in [-0.39, 0.29) is 0 Å². The summed E-state index contributed by atoms with van der Waals surface area (Å²) in [5.74, 6) is 1.46. The second-order valence-corrected chi connectivity index (χ2v) is 6.71. The topological polar surface area (TPSA) is 30.3 Å². The Balaban J connectivity index is 2.22. The zero-order valence-electron chi connectivity index (χ0n) is 12.1. The Kier molecular flexibility index (Phi) is 5.28. The van der Waals surface area contributed by atoms with Crippen LogP contribution in [0, 0.1) is 0 Å². The highest BCUT2D eigenvalue weighted by atomic mass is 79.9. The summed E-state index contributed by atoms with van der Waals surface area (Å²) in [5, 5.41) is 4.51. The van der Waals surface area contributed by atoms with E-state index in [0.29, 0.717) is 10.7 Å². The summed E-state index contributed by atoms with van der Waals surface area (Å²) in [5.41, 5.74) is 1.27. The zero-order chi connectivity index (χ0) is 13.8. The number of alkyl halides is 1. The fourth-order valence-electron chi connectivity index (χ4n) is 2.78. The van der Waals surface area contributed by atoms with Crippen molar-refractivity contribution in [3.8, 4) is 5.75 Å². The minimum Gasteiger partial charge on any atom is -0.493 e. The number of nitrogens with zero attached hydrogens (tertiary/aromatic N) is 3. The molecule has 0 saturated heterocycles. The molecule has 108 valence electrons. The van der Waals surface area contributed by atoms with Gasteiger partial charge in [0.15, 0.2) is 5.75 Å². The average Bonchev–Trinajstić information content (AvgIpc) is 2.79. The lowest BCUT2D eigenvalue weighted by atomic mass is 9.86. The first-order valence-corrected chi connectivity index (χ1v) is 7.93. The van der Waals surface area contributed by atoms with Gasteiger partial charge in [-0.15, -0.1) is 0 Å². The molecule has 0 bridgehead atoms. The summed E-state index contributed by atoms with van der Waals surface area (Å²) >= 11 is 3.85. The third-order valence-corrected chi connectivity index (χ3v) is 4.95. The van der Waals surface area contributed by atoms with E-state index in [1.54, 1.807) is 7.11 Å². The van der Waals surface area contributed by atoms with Crippen molar-refractivity contribution in [1.29, 1.82) is 0 Å². The van der Waals surface area contributed by atoms with Crippen LogP contribution in [0.25, 0.3) is 0 Å². The second-order valence-electron chi connectivity index (χ2n) is 5.53. The van der Waals surface area contributed by atoms with Crippen LogP contribution in [0.1, 0.15) is 37.3 Å². The van der Waals surface area contributed by atoms with Gasteiger partial charge in [-0.1, -0.05) is 28.8 Å². The molecule has 0 aliphatic heterocycles. The molecule has 2 atom stereocenters. The molecule has 1 fully saturated rings. The predicted molar refractivity (Wildman–Crippen MR) is 81.3 cm³/mol. The van der Waals surface area contributed by atoms with Crippen LogP contribution in [-0.2, 0) is 6.54 Å². The van der Waals surface area contributed by atoms with Gasteiger partial charge in [0.1, 0.15) is 0 Å². The highest BCUT2D eigenvalue weighted by molar-refractivity contribution is 9.09. The number of hydrogen-bond acceptors (Lipinski definition) is 3. The summed E-state index contributed by atoms with van der Waals surface area (Å²) in [6, 6.07) is 0. The van der Waals surface area contributed by atoms with E-state index in [1.165, 1.54) is 31.4 Å². The molecule has 0 N–H and O–H groups in total. The first-order valence-electron chi connectivity index (χ1n) is 7.02. The van der Waals surface area contributed by atoms with Crippen molar-refractivity contribution >= 4 is 15.9 Å². The van der Waals surface area contributed by atoms with Gasteiger partial charge in [-0.2, -0.15) is 5.10 Å². The van der Waals surface area contributed by atoms with Crippen molar-refractivity contribution in [2.45, 2.75) is 43.0 Å². The molecule has 1 aromatic rings. The molecule has 2 rings (SSSR count). The zero-order valence-corrected chi connectivity index (χ0v) is 13.7. The van der Waals surface area contributed by atoms with Crippen molar-refractivity contribution in [3.05, 3.63) is 11.9 Å². The quantitative estimate of drug-likeness (QED) is 0.778. The lowest BCUT2D eigenvalue weighted by molar-refractivity contribution is 0.349. The van der Waals surface area contributed by atoms with Gasteiger partial charge in [-0.25, -0.2) is 0 Å². The Morgan fingerprint density at radius 1 is 1.42 bits per heavy atom. The molecular weight excluding hydrogens is 306 g/mol. The molecule has 0 spiro atoms. The fraction of sp³-hybridized carbons (Fsp3) is 0.786. The van der Waals surface area contributed by atoms with Crippen molar-refractivity contribution in [2.24, 2.45) is 0 Å². The Morgan fingerprint density at radius 2 is 2.16 bits per heavy atom. The highest BCUT2D eigenvalue weighted by Gasteiger charge is 2.30. The van der Waals surface area contributed by atoms with E-state index in [2.05, 4.69) is 44.7 Å². The monoisotopic (exact) mass is 329 g/mol. The minimum atomic E-state index is 0.522. The van der Waals surface area contributed by atoms with Gasteiger partial charge in [0.2, 0.25) is 0 Å². The van der Waals surface area contributed by atoms with Crippen LogP contribution >= 0.6 is 15.9 Å². The summed E-state index contributed by atoms with van der Waals surface area (Å²) in [6.07, 6.45) is 6.95. The maximum absolute atomic E-state index is 5.52. The van der Waals surface area contributed by atoms with Crippen LogP contribution in [0.4, 0.5) is 0 Å². The Morgan fingerprint density at radius 3 is 2.79 bits per heavy atom. The van der Waals surface area contributed by atoms with Gasteiger partial charge in [0, 0.05) is 17.3 Å². The normalized spacial score (nSPS) is 23.8. The first kappa shape index (κ1) is 14.9. The molecule has 0 amide bonds. The molecular formula is C14H24BrN3O. The van der Waals surface area contributed by atoms with Crippen LogP contribution in [0.15, 0.2) is 6.20 Å². The van der Waals surface area contributed by atoms with E-state index >= 15 is 0 Å². The summed E-state index contributed by atoms with van der Waals surface area (Å²) in [7, 11) is 5.92. The number of methoxy groups -OCH3 is 1. The first-order chi connectivity index (χ1) is 9.13. The molecule has 1 aliphatic rings. The largest absolute Gasteiger partial charge is 0.493 e. The predicted octanol–water partition coefficient (Wildman–Crippen LogP) is 2.87. The molecule has 4 nitrogen and oxygen atoms in total. The highest BCUT2D eigenvalue weighted by Crippen LogP contribution is 2.41. The number of halogens is 1. The fourth-order valence-corrected chi connectivity index (χ4v) is 3.61. The van der Waals surface area contributed by atoms with Gasteiger partial charge < -0.3 is 9.64 Å². The van der Waals surface area contributed by atoms with E-state index in [1.807, 2.05) is 6.20 Å². The number of likely N-dealkylation sites (N-methyl/N-ethyl adjacent to an activating group) is 1. The lowest BCUT2D eigenvalue weighted by Crippen LogP contribution is -2.25. The standard InChI is InChI=1S/C14H24BrN3O/c1-17(2)8-9-18-14(13(19-3)10-16-18)11-6-4-5-7-12(11)15/h10-12H,4-9H2,1-3H3. The van der Waals surface area contributed by atoms with Crippen molar-refractivity contribution in [1.82, 2.24) is 14.7 Å². The smallest absolute Gasteiger partial charge is 0.160 e. The van der Waals surface area contributed by atoms with Gasteiger partial charge in [-0.05, 0) is 26.9 Å². The summed E-state index contributed by atoms with van der Waals surface area (Å²) < 4.78 is 7.64. The van der Waals surface area contributed by atoms with E-state index in [0.717, 1.165) is 18.8 Å². The number of aromatic nitrogens is 2. The third kappa shape index (κ3) is 3.51. The SMILES string of the molecule is COc1cnn(CCN(C)C)c1C1CCCCC1Br. The molecule has 0 radical (unpaired) electrons. The number of rotatable bonds is 5. The van der Waals surface area contributed by atoms with Gasteiger partial charge in [-0.3, -0.25) is 4.68 Å². The molecule has 5 heteroatoms. The van der Waals surface area contributed by atoms with Crippen molar-refractivity contribution in [2.75, 3.05) is 27.7 Å². The second kappa shape index (κ2) is 6.75.